The molecule has 276 valence electrons. The molecule has 13 heteroatoms. The van der Waals surface area contributed by atoms with Crippen molar-refractivity contribution >= 4 is 52.4 Å². The summed E-state index contributed by atoms with van der Waals surface area (Å²) in [6, 6.07) is 30.3. The first-order valence-corrected chi connectivity index (χ1v) is 17.9. The molecule has 5 N–H and O–H groups in total. The number of nitrogens with zero attached hydrogens (tertiary/aromatic N) is 3. The van der Waals surface area contributed by atoms with E-state index in [1.54, 1.807) is 60.7 Å². The van der Waals surface area contributed by atoms with Crippen LogP contribution >= 0.6 is 11.6 Å². The van der Waals surface area contributed by atoms with Crippen LogP contribution in [0.2, 0.25) is 5.02 Å². The van der Waals surface area contributed by atoms with Gasteiger partial charge in [0.25, 0.3) is 11.8 Å². The second-order valence-corrected chi connectivity index (χ2v) is 12.5. The van der Waals surface area contributed by atoms with Gasteiger partial charge in [-0.25, -0.2) is 0 Å². The summed E-state index contributed by atoms with van der Waals surface area (Å²) in [6.45, 7) is 4.85. The quantitative estimate of drug-likeness (QED) is 0.0645. The molecule has 0 aliphatic carbocycles. The van der Waals surface area contributed by atoms with E-state index in [2.05, 4.69) is 28.2 Å². The van der Waals surface area contributed by atoms with E-state index < -0.39 is 0 Å². The van der Waals surface area contributed by atoms with Gasteiger partial charge in [-0.1, -0.05) is 48.9 Å². The maximum atomic E-state index is 12.8. The van der Waals surface area contributed by atoms with Gasteiger partial charge in [0.2, 0.25) is 5.96 Å². The van der Waals surface area contributed by atoms with Gasteiger partial charge in [-0.3, -0.25) is 14.6 Å². The zero-order valence-electron chi connectivity index (χ0n) is 29.6. The zero-order chi connectivity index (χ0) is 37.3. The van der Waals surface area contributed by atoms with Crippen molar-refractivity contribution in [2.24, 2.45) is 20.9 Å². The van der Waals surface area contributed by atoms with Crippen molar-refractivity contribution in [1.29, 1.82) is 0 Å². The molecule has 1 aliphatic rings. The van der Waals surface area contributed by atoms with Gasteiger partial charge in [0.15, 0.2) is 0 Å². The van der Waals surface area contributed by atoms with Crippen molar-refractivity contribution in [2.45, 2.75) is 26.3 Å². The van der Waals surface area contributed by atoms with Crippen LogP contribution in [0.25, 0.3) is 0 Å². The van der Waals surface area contributed by atoms with Gasteiger partial charge >= 0.3 is 0 Å². The number of amidine groups is 2. The van der Waals surface area contributed by atoms with Gasteiger partial charge in [0, 0.05) is 53.0 Å². The summed E-state index contributed by atoms with van der Waals surface area (Å²) in [5.74, 6) is 1.50. The Morgan fingerprint density at radius 1 is 0.774 bits per heavy atom. The fourth-order valence-corrected chi connectivity index (χ4v) is 5.37. The number of anilines is 2. The topological polar surface area (TPSA) is 158 Å². The average molecular weight is 738 g/mol. The third-order valence-corrected chi connectivity index (χ3v) is 8.40. The van der Waals surface area contributed by atoms with Crippen molar-refractivity contribution in [3.8, 4) is 5.75 Å². The van der Waals surface area contributed by atoms with E-state index in [0.29, 0.717) is 92.0 Å². The number of carbonyl (C=O) groups is 2. The second kappa shape index (κ2) is 20.5. The van der Waals surface area contributed by atoms with Crippen molar-refractivity contribution in [3.63, 3.8) is 0 Å². The lowest BCUT2D eigenvalue weighted by Crippen LogP contribution is -2.27. The van der Waals surface area contributed by atoms with Crippen LogP contribution in [0.3, 0.4) is 0 Å². The summed E-state index contributed by atoms with van der Waals surface area (Å²) in [5, 5.41) is 22.9. The van der Waals surface area contributed by atoms with Crippen LogP contribution in [-0.2, 0) is 16.0 Å². The maximum absolute atomic E-state index is 12.8. The molecule has 0 bridgehead atoms. The van der Waals surface area contributed by atoms with Crippen molar-refractivity contribution in [3.05, 3.63) is 125 Å². The molecule has 53 heavy (non-hydrogen) atoms. The van der Waals surface area contributed by atoms with Gasteiger partial charge < -0.3 is 35.8 Å². The first-order valence-electron chi connectivity index (χ1n) is 17.5. The lowest BCUT2D eigenvalue weighted by atomic mass is 10.00. The first-order chi connectivity index (χ1) is 25.9. The average Bonchev–Trinajstić information content (AvgIpc) is 3.34. The summed E-state index contributed by atoms with van der Waals surface area (Å²) in [7, 11) is 0. The Morgan fingerprint density at radius 2 is 1.42 bits per heavy atom. The molecule has 1 aliphatic heterocycles. The number of carbonyl (C=O) groups excluding carboxylic acids is 2. The highest BCUT2D eigenvalue weighted by atomic mass is 35.5. The number of aromatic hydroxyl groups is 1. The number of benzene rings is 4. The highest BCUT2D eigenvalue weighted by Crippen LogP contribution is 2.21. The van der Waals surface area contributed by atoms with E-state index in [4.69, 9.17) is 36.1 Å². The van der Waals surface area contributed by atoms with Crippen LogP contribution < -0.4 is 21.3 Å². The van der Waals surface area contributed by atoms with Crippen LogP contribution in [0.5, 0.6) is 5.75 Å². The van der Waals surface area contributed by atoms with Crippen LogP contribution in [0, 0.1) is 5.92 Å². The van der Waals surface area contributed by atoms with Crippen molar-refractivity contribution in [2.75, 3.05) is 50.2 Å². The van der Waals surface area contributed by atoms with Crippen LogP contribution in [0.4, 0.5) is 11.4 Å². The van der Waals surface area contributed by atoms with Gasteiger partial charge in [-0.2, -0.15) is 9.98 Å². The number of phenolic OH excluding ortho intramolecular Hbond substituents is 1. The molecule has 1 heterocycles. The number of nitrogens with one attached hydrogen (secondary N) is 4. The van der Waals surface area contributed by atoms with E-state index >= 15 is 0 Å². The van der Waals surface area contributed by atoms with Crippen LogP contribution in [-0.4, -0.2) is 74.1 Å². The normalized spacial score (nSPS) is 14.8. The van der Waals surface area contributed by atoms with Crippen LogP contribution in [0.1, 0.15) is 46.0 Å². The smallest absolute Gasteiger partial charge is 0.251 e. The summed E-state index contributed by atoms with van der Waals surface area (Å²) < 4.78 is 11.3. The molecular weight excluding hydrogens is 694 g/mol. The third kappa shape index (κ3) is 12.9. The standard InChI is InChI=1S/C40H44ClN7O5/c1-2-29-26-36(42-20-22-52-24-25-53-23-21-43-38(50)30-6-4-3-5-7-30)47-40(46-34-16-18-35(49)19-17-34)48-37(29)45-33-14-10-31(11-15-33)39(51)44-27-28-8-12-32(41)13-9-28/h3-19,29,49H,2,20-27H2,1H3,(H,43,50)(H,44,51)(H2,42,45,46,47,48). The molecule has 2 amide bonds. The number of hydrogen-bond donors (Lipinski definition) is 5. The summed E-state index contributed by atoms with van der Waals surface area (Å²) >= 11 is 5.97. The predicted molar refractivity (Wildman–Crippen MR) is 210 cm³/mol. The van der Waals surface area contributed by atoms with Gasteiger partial charge in [-0.05, 0) is 84.8 Å². The molecule has 4 aromatic rings. The second-order valence-electron chi connectivity index (χ2n) is 12.1. The van der Waals surface area contributed by atoms with E-state index in [-0.39, 0.29) is 23.5 Å². The minimum atomic E-state index is -0.181. The molecule has 0 aromatic heterocycles. The fraction of sp³-hybridized carbons (Fsp3) is 0.275. The molecular formula is C40H44ClN7O5. The Kier molecular flexibility index (Phi) is 14.9. The summed E-state index contributed by atoms with van der Waals surface area (Å²) in [5.41, 5.74) is 3.58. The number of phenols is 1. The molecule has 0 radical (unpaired) electrons. The third-order valence-electron chi connectivity index (χ3n) is 8.15. The van der Waals surface area contributed by atoms with E-state index in [1.807, 2.05) is 42.5 Å². The number of guanidine groups is 1. The minimum Gasteiger partial charge on any atom is -0.508 e. The molecule has 1 atom stereocenters. The Balaban J connectivity index is 1.13. The Morgan fingerprint density at radius 3 is 2.13 bits per heavy atom. The van der Waals surface area contributed by atoms with Crippen molar-refractivity contribution < 1.29 is 24.2 Å². The van der Waals surface area contributed by atoms with Crippen LogP contribution in [0.15, 0.2) is 118 Å². The number of aliphatic imine (C=N–C) groups is 3. The summed E-state index contributed by atoms with van der Waals surface area (Å²) in [4.78, 5) is 39.3. The zero-order valence-corrected chi connectivity index (χ0v) is 30.3. The number of halogens is 1. The maximum Gasteiger partial charge on any atom is 0.251 e. The van der Waals surface area contributed by atoms with E-state index in [0.717, 1.165) is 17.7 Å². The molecule has 0 saturated heterocycles. The molecule has 0 fully saturated rings. The highest BCUT2D eigenvalue weighted by molar-refractivity contribution is 6.30. The van der Waals surface area contributed by atoms with Crippen molar-refractivity contribution in [1.82, 2.24) is 10.6 Å². The Labute approximate surface area is 314 Å². The number of ether oxygens (including phenoxy) is 2. The Hall–Kier alpha value is -5.56. The van der Waals surface area contributed by atoms with E-state index in [1.165, 1.54) is 0 Å². The highest BCUT2D eigenvalue weighted by Gasteiger charge is 2.22. The molecule has 1 unspecified atom stereocenters. The SMILES string of the molecule is CCC1CC(=NCCOCCOCCNC(=O)c2ccccc2)N=C(Nc2ccc(O)cc2)N=C1Nc1ccc(C(=O)NCc2ccc(Cl)cc2)cc1. The lowest BCUT2D eigenvalue weighted by Gasteiger charge is -2.18. The first kappa shape index (κ1) is 38.7. The van der Waals surface area contributed by atoms with E-state index in [9.17, 15) is 14.7 Å². The molecule has 0 spiro atoms. The molecule has 12 nitrogen and oxygen atoms in total. The van der Waals surface area contributed by atoms with Gasteiger partial charge in [0.1, 0.15) is 17.4 Å². The number of hydrogen-bond acceptors (Lipinski definition) is 9. The monoisotopic (exact) mass is 737 g/mol. The lowest BCUT2D eigenvalue weighted by molar-refractivity contribution is 0.0512. The predicted octanol–water partition coefficient (Wildman–Crippen LogP) is 6.55. The van der Waals surface area contributed by atoms with Gasteiger partial charge in [0.05, 0.1) is 33.0 Å². The molecule has 0 saturated carbocycles. The molecule has 4 aromatic carbocycles. The minimum absolute atomic E-state index is 0.0179. The fourth-order valence-electron chi connectivity index (χ4n) is 5.24. The number of amides is 2. The Bertz CT molecular complexity index is 1870. The van der Waals surface area contributed by atoms with Gasteiger partial charge in [-0.15, -0.1) is 0 Å². The molecule has 5 rings (SSSR count). The largest absolute Gasteiger partial charge is 0.508 e. The summed E-state index contributed by atoms with van der Waals surface area (Å²) in [6.07, 6.45) is 1.32. The number of rotatable bonds is 16.